The smallest absolute Gasteiger partial charge is 0.310 e. The van der Waals surface area contributed by atoms with E-state index < -0.39 is 0 Å². The van der Waals surface area contributed by atoms with E-state index in [1.165, 1.54) is 11.1 Å². The number of esters is 1. The van der Waals surface area contributed by atoms with Crippen molar-refractivity contribution >= 4 is 5.97 Å². The molecular weight excluding hydrogens is 224 g/mol. The van der Waals surface area contributed by atoms with Crippen molar-refractivity contribution in [2.24, 2.45) is 5.92 Å². The van der Waals surface area contributed by atoms with Crippen LogP contribution in [0, 0.1) is 12.8 Å². The molecule has 0 saturated heterocycles. The van der Waals surface area contributed by atoms with Crippen molar-refractivity contribution in [2.45, 2.75) is 32.6 Å². The molecule has 0 bridgehead atoms. The zero-order valence-electron chi connectivity index (χ0n) is 11.3. The molecule has 1 aromatic carbocycles. The zero-order chi connectivity index (χ0) is 13.2. The van der Waals surface area contributed by atoms with E-state index in [1.807, 2.05) is 6.92 Å². The molecule has 0 heterocycles. The van der Waals surface area contributed by atoms with Crippen LogP contribution in [0.2, 0.25) is 0 Å². The van der Waals surface area contributed by atoms with Gasteiger partial charge in [0.2, 0.25) is 0 Å². The first-order valence-corrected chi connectivity index (χ1v) is 6.49. The van der Waals surface area contributed by atoms with Gasteiger partial charge in [-0.3, -0.25) is 4.79 Å². The molecule has 2 nitrogen and oxygen atoms in total. The van der Waals surface area contributed by atoms with E-state index >= 15 is 0 Å². The van der Waals surface area contributed by atoms with E-state index in [0.717, 1.165) is 6.42 Å². The van der Waals surface area contributed by atoms with Gasteiger partial charge in [-0.05, 0) is 25.8 Å². The number of aryl methyl sites for hydroxylation is 1. The molecule has 1 aromatic rings. The summed E-state index contributed by atoms with van der Waals surface area (Å²) >= 11 is 0. The number of ether oxygens (including phenoxy) is 1. The van der Waals surface area contributed by atoms with Crippen molar-refractivity contribution in [1.82, 2.24) is 0 Å². The predicted molar refractivity (Wildman–Crippen MR) is 72.4 cm³/mol. The van der Waals surface area contributed by atoms with Crippen LogP contribution >= 0.6 is 0 Å². The van der Waals surface area contributed by atoms with E-state index in [9.17, 15) is 4.79 Å². The number of hydrogen-bond acceptors (Lipinski definition) is 2. The summed E-state index contributed by atoms with van der Waals surface area (Å²) in [5.41, 5.74) is 2.18. The Morgan fingerprint density at radius 2 is 2.06 bits per heavy atom. The first kappa shape index (κ1) is 12.9. The molecule has 0 spiro atoms. The molecule has 0 N–H and O–H groups in total. The van der Waals surface area contributed by atoms with Crippen LogP contribution in [0.4, 0.5) is 0 Å². The van der Waals surface area contributed by atoms with Gasteiger partial charge < -0.3 is 4.74 Å². The highest BCUT2D eigenvalue weighted by molar-refractivity contribution is 5.76. The van der Waals surface area contributed by atoms with E-state index in [2.05, 4.69) is 50.3 Å². The van der Waals surface area contributed by atoms with Gasteiger partial charge in [-0.15, -0.1) is 0 Å². The van der Waals surface area contributed by atoms with E-state index in [4.69, 9.17) is 4.74 Å². The zero-order valence-corrected chi connectivity index (χ0v) is 11.3. The predicted octanol–water partition coefficient (Wildman–Crippen LogP) is 3.39. The summed E-state index contributed by atoms with van der Waals surface area (Å²) in [4.78, 5) is 12.0. The van der Waals surface area contributed by atoms with Crippen LogP contribution in [-0.2, 0) is 14.9 Å². The summed E-state index contributed by atoms with van der Waals surface area (Å²) in [6, 6.07) is 8.40. The highest BCUT2D eigenvalue weighted by atomic mass is 16.5. The fourth-order valence-corrected chi connectivity index (χ4v) is 2.60. The van der Waals surface area contributed by atoms with Crippen molar-refractivity contribution in [2.75, 3.05) is 6.61 Å². The topological polar surface area (TPSA) is 26.3 Å². The van der Waals surface area contributed by atoms with Crippen molar-refractivity contribution in [3.8, 4) is 0 Å². The molecule has 2 heteroatoms. The minimum Gasteiger partial charge on any atom is -0.466 e. The standard InChI is InChI=1S/C16H20O2/c1-4-18-15(17)14-6-5-11-16(14,3)13-9-7-12(2)8-10-13/h5,7-11,14H,4,6H2,1-3H3. The Labute approximate surface area is 109 Å². The first-order chi connectivity index (χ1) is 8.58. The molecule has 18 heavy (non-hydrogen) atoms. The molecule has 0 radical (unpaired) electrons. The summed E-state index contributed by atoms with van der Waals surface area (Å²) in [6.07, 6.45) is 4.99. The number of carbonyl (C=O) groups excluding carboxylic acids is 1. The Balaban J connectivity index is 2.30. The van der Waals surface area contributed by atoms with Crippen LogP contribution in [0.15, 0.2) is 36.4 Å². The first-order valence-electron chi connectivity index (χ1n) is 6.49. The average molecular weight is 244 g/mol. The van der Waals surface area contributed by atoms with Crippen molar-refractivity contribution in [1.29, 1.82) is 0 Å². The van der Waals surface area contributed by atoms with Crippen LogP contribution < -0.4 is 0 Å². The van der Waals surface area contributed by atoms with Crippen LogP contribution in [0.1, 0.15) is 31.4 Å². The third-order valence-corrected chi connectivity index (χ3v) is 3.80. The van der Waals surface area contributed by atoms with Gasteiger partial charge in [0.15, 0.2) is 0 Å². The van der Waals surface area contributed by atoms with Gasteiger partial charge in [0.25, 0.3) is 0 Å². The second-order valence-corrected chi connectivity index (χ2v) is 5.09. The number of allylic oxidation sites excluding steroid dienone is 2. The molecule has 1 aliphatic carbocycles. The quantitative estimate of drug-likeness (QED) is 0.602. The summed E-state index contributed by atoms with van der Waals surface area (Å²) in [6.45, 7) is 6.48. The maximum Gasteiger partial charge on any atom is 0.310 e. The molecule has 0 aliphatic heterocycles. The van der Waals surface area contributed by atoms with Crippen molar-refractivity contribution in [3.05, 3.63) is 47.5 Å². The van der Waals surface area contributed by atoms with Crippen LogP contribution in [-0.4, -0.2) is 12.6 Å². The molecular formula is C16H20O2. The lowest BCUT2D eigenvalue weighted by molar-refractivity contribution is -0.149. The van der Waals surface area contributed by atoms with Gasteiger partial charge in [0, 0.05) is 5.41 Å². The normalized spacial score (nSPS) is 26.3. The third kappa shape index (κ3) is 2.20. The lowest BCUT2D eigenvalue weighted by Gasteiger charge is -2.30. The SMILES string of the molecule is CCOC(=O)C1CC=CC1(C)c1ccc(C)cc1. The molecule has 96 valence electrons. The molecule has 0 fully saturated rings. The fraction of sp³-hybridized carbons (Fsp3) is 0.438. The summed E-state index contributed by atoms with van der Waals surface area (Å²) in [5.74, 6) is -0.189. The minimum absolute atomic E-state index is 0.0921. The largest absolute Gasteiger partial charge is 0.466 e. The van der Waals surface area contributed by atoms with Gasteiger partial charge in [0.1, 0.15) is 0 Å². The molecule has 0 aromatic heterocycles. The Bertz CT molecular complexity index is 458. The monoisotopic (exact) mass is 244 g/mol. The minimum atomic E-state index is -0.236. The lowest BCUT2D eigenvalue weighted by Crippen LogP contribution is -2.33. The Kier molecular flexibility index (Phi) is 3.55. The Hall–Kier alpha value is -1.57. The summed E-state index contributed by atoms with van der Waals surface area (Å²) in [5, 5.41) is 0. The number of hydrogen-bond donors (Lipinski definition) is 0. The molecule has 0 saturated carbocycles. The second-order valence-electron chi connectivity index (χ2n) is 5.09. The number of rotatable bonds is 3. The van der Waals surface area contributed by atoms with Gasteiger partial charge >= 0.3 is 5.97 Å². The van der Waals surface area contributed by atoms with Gasteiger partial charge in [-0.2, -0.15) is 0 Å². The van der Waals surface area contributed by atoms with E-state index in [-0.39, 0.29) is 17.3 Å². The Morgan fingerprint density at radius 3 is 2.67 bits per heavy atom. The van der Waals surface area contributed by atoms with Crippen LogP contribution in [0.3, 0.4) is 0 Å². The highest BCUT2D eigenvalue weighted by Gasteiger charge is 2.41. The van der Waals surface area contributed by atoms with Crippen molar-refractivity contribution in [3.63, 3.8) is 0 Å². The molecule has 2 atom stereocenters. The molecule has 2 rings (SSSR count). The molecule has 1 aliphatic rings. The second kappa shape index (κ2) is 4.97. The Morgan fingerprint density at radius 1 is 1.39 bits per heavy atom. The molecule has 2 unspecified atom stereocenters. The van der Waals surface area contributed by atoms with Crippen LogP contribution in [0.25, 0.3) is 0 Å². The van der Waals surface area contributed by atoms with Gasteiger partial charge in [0.05, 0.1) is 12.5 Å². The highest BCUT2D eigenvalue weighted by Crippen LogP contribution is 2.41. The number of carbonyl (C=O) groups is 1. The van der Waals surface area contributed by atoms with E-state index in [1.54, 1.807) is 0 Å². The lowest BCUT2D eigenvalue weighted by atomic mass is 9.74. The maximum absolute atomic E-state index is 12.0. The van der Waals surface area contributed by atoms with Crippen molar-refractivity contribution < 1.29 is 9.53 Å². The van der Waals surface area contributed by atoms with Gasteiger partial charge in [-0.1, -0.05) is 48.9 Å². The van der Waals surface area contributed by atoms with Gasteiger partial charge in [-0.25, -0.2) is 0 Å². The third-order valence-electron chi connectivity index (χ3n) is 3.80. The average Bonchev–Trinajstić information content (AvgIpc) is 2.73. The summed E-state index contributed by atoms with van der Waals surface area (Å²) in [7, 11) is 0. The maximum atomic E-state index is 12.0. The number of benzene rings is 1. The molecule has 0 amide bonds. The fourth-order valence-electron chi connectivity index (χ4n) is 2.60. The van der Waals surface area contributed by atoms with E-state index in [0.29, 0.717) is 6.61 Å². The summed E-state index contributed by atoms with van der Waals surface area (Å²) < 4.78 is 5.19. The van der Waals surface area contributed by atoms with Crippen LogP contribution in [0.5, 0.6) is 0 Å².